The lowest BCUT2D eigenvalue weighted by Crippen LogP contribution is -2.49. The van der Waals surface area contributed by atoms with Crippen LogP contribution >= 0.6 is 0 Å². The molecule has 4 nitrogen and oxygen atoms in total. The molecule has 0 radical (unpaired) electrons. The molecule has 0 aliphatic carbocycles. The number of likely N-dealkylation sites (tertiary alicyclic amines) is 1. The van der Waals surface area contributed by atoms with Crippen LogP contribution < -0.4 is 5.32 Å². The molecular formula is C13H26N2O2. The van der Waals surface area contributed by atoms with E-state index in [1.807, 2.05) is 0 Å². The average molecular weight is 242 g/mol. The van der Waals surface area contributed by atoms with Crippen LogP contribution in [-0.2, 0) is 4.79 Å². The number of nitrogens with zero attached hydrogens (tertiary/aromatic N) is 1. The van der Waals surface area contributed by atoms with Gasteiger partial charge in [0.15, 0.2) is 0 Å². The molecule has 1 fully saturated rings. The van der Waals surface area contributed by atoms with Crippen molar-refractivity contribution in [2.45, 2.75) is 46.1 Å². The third kappa shape index (κ3) is 5.04. The molecule has 1 rings (SSSR count). The zero-order valence-corrected chi connectivity index (χ0v) is 11.3. The van der Waals surface area contributed by atoms with E-state index in [2.05, 4.69) is 31.0 Å². The number of hydrogen-bond acceptors (Lipinski definition) is 3. The third-order valence-corrected chi connectivity index (χ3v) is 3.59. The number of nitrogens with one attached hydrogen (secondary N) is 1. The molecule has 1 atom stereocenters. The first kappa shape index (κ1) is 14.5. The van der Waals surface area contributed by atoms with E-state index in [1.54, 1.807) is 0 Å². The Morgan fingerprint density at radius 2 is 2.00 bits per heavy atom. The molecular weight excluding hydrogens is 216 g/mol. The fourth-order valence-electron chi connectivity index (χ4n) is 2.15. The van der Waals surface area contributed by atoms with Gasteiger partial charge in [-0.15, -0.1) is 0 Å². The van der Waals surface area contributed by atoms with Crippen molar-refractivity contribution in [1.82, 2.24) is 10.2 Å². The normalized spacial score (nSPS) is 22.3. The second kappa shape index (κ2) is 6.36. The van der Waals surface area contributed by atoms with Crippen molar-refractivity contribution in [3.05, 3.63) is 0 Å². The van der Waals surface area contributed by atoms with Gasteiger partial charge in [-0.3, -0.25) is 4.79 Å². The summed E-state index contributed by atoms with van der Waals surface area (Å²) in [5.41, 5.74) is 0.423. The van der Waals surface area contributed by atoms with Crippen LogP contribution in [0.2, 0.25) is 0 Å². The zero-order valence-electron chi connectivity index (χ0n) is 11.3. The van der Waals surface area contributed by atoms with Crippen LogP contribution in [0.15, 0.2) is 0 Å². The van der Waals surface area contributed by atoms with Gasteiger partial charge < -0.3 is 15.3 Å². The van der Waals surface area contributed by atoms with Crippen molar-refractivity contribution in [3.8, 4) is 0 Å². The highest BCUT2D eigenvalue weighted by Gasteiger charge is 2.28. The predicted molar refractivity (Wildman–Crippen MR) is 69.2 cm³/mol. The molecule has 1 aliphatic heterocycles. The van der Waals surface area contributed by atoms with Gasteiger partial charge in [-0.05, 0) is 44.3 Å². The Kier molecular flexibility index (Phi) is 5.40. The minimum atomic E-state index is -0.733. The summed E-state index contributed by atoms with van der Waals surface area (Å²) in [6.45, 7) is 10.1. The Balaban J connectivity index is 2.38. The second-order valence-corrected chi connectivity index (χ2v) is 5.81. The van der Waals surface area contributed by atoms with Crippen LogP contribution in [0.4, 0.5) is 0 Å². The maximum atomic E-state index is 11.1. The lowest BCUT2D eigenvalue weighted by Gasteiger charge is -2.37. The first-order valence-corrected chi connectivity index (χ1v) is 6.63. The van der Waals surface area contributed by atoms with Crippen molar-refractivity contribution in [2.75, 3.05) is 26.2 Å². The van der Waals surface area contributed by atoms with E-state index in [0.29, 0.717) is 12.0 Å². The number of rotatable bonds is 6. The number of carboxylic acid groups (broad SMARTS) is 1. The Morgan fingerprint density at radius 3 is 2.47 bits per heavy atom. The Labute approximate surface area is 104 Å². The molecule has 1 aliphatic rings. The number of piperidine rings is 1. The maximum Gasteiger partial charge on any atom is 0.322 e. The molecule has 1 saturated heterocycles. The lowest BCUT2D eigenvalue weighted by atomic mass is 9.82. The van der Waals surface area contributed by atoms with Gasteiger partial charge in [-0.1, -0.05) is 20.8 Å². The highest BCUT2D eigenvalue weighted by atomic mass is 16.4. The van der Waals surface area contributed by atoms with E-state index in [0.717, 1.165) is 38.9 Å². The first-order chi connectivity index (χ1) is 7.94. The first-order valence-electron chi connectivity index (χ1n) is 6.63. The van der Waals surface area contributed by atoms with E-state index in [-0.39, 0.29) is 0 Å². The quantitative estimate of drug-likeness (QED) is 0.742. The van der Waals surface area contributed by atoms with Crippen LogP contribution in [0.1, 0.15) is 40.0 Å². The van der Waals surface area contributed by atoms with Gasteiger partial charge in [0.2, 0.25) is 0 Å². The Morgan fingerprint density at radius 1 is 1.41 bits per heavy atom. The Hall–Kier alpha value is -0.610. The van der Waals surface area contributed by atoms with Gasteiger partial charge in [0.25, 0.3) is 0 Å². The smallest absolute Gasteiger partial charge is 0.322 e. The van der Waals surface area contributed by atoms with Gasteiger partial charge in [0.1, 0.15) is 6.04 Å². The van der Waals surface area contributed by atoms with Crippen LogP contribution in [0, 0.1) is 5.41 Å². The van der Waals surface area contributed by atoms with E-state index < -0.39 is 12.0 Å². The van der Waals surface area contributed by atoms with Crippen molar-refractivity contribution in [3.63, 3.8) is 0 Å². The number of hydrogen-bond donors (Lipinski definition) is 2. The molecule has 1 heterocycles. The van der Waals surface area contributed by atoms with Crippen LogP contribution in [0.5, 0.6) is 0 Å². The SMILES string of the molecule is CCCNC(CN1CCC(C)(C)CC1)C(=O)O. The summed E-state index contributed by atoms with van der Waals surface area (Å²) < 4.78 is 0. The van der Waals surface area contributed by atoms with E-state index in [9.17, 15) is 4.79 Å². The van der Waals surface area contributed by atoms with Crippen molar-refractivity contribution in [2.24, 2.45) is 5.41 Å². The van der Waals surface area contributed by atoms with Crippen LogP contribution in [-0.4, -0.2) is 48.2 Å². The van der Waals surface area contributed by atoms with Crippen molar-refractivity contribution < 1.29 is 9.90 Å². The summed E-state index contributed by atoms with van der Waals surface area (Å²) in [6.07, 6.45) is 3.29. The minimum Gasteiger partial charge on any atom is -0.480 e. The van der Waals surface area contributed by atoms with Gasteiger partial charge >= 0.3 is 5.97 Å². The molecule has 0 aromatic heterocycles. The summed E-state index contributed by atoms with van der Waals surface area (Å²) in [4.78, 5) is 13.4. The largest absolute Gasteiger partial charge is 0.480 e. The van der Waals surface area contributed by atoms with Crippen LogP contribution in [0.3, 0.4) is 0 Å². The molecule has 1 unspecified atom stereocenters. The summed E-state index contributed by atoms with van der Waals surface area (Å²) in [7, 11) is 0. The third-order valence-electron chi connectivity index (χ3n) is 3.59. The summed E-state index contributed by atoms with van der Waals surface area (Å²) in [5, 5.41) is 12.2. The monoisotopic (exact) mass is 242 g/mol. The number of carbonyl (C=O) groups is 1. The Bertz CT molecular complexity index is 244. The number of carboxylic acids is 1. The predicted octanol–water partition coefficient (Wildman–Crippen LogP) is 1.56. The highest BCUT2D eigenvalue weighted by molar-refractivity contribution is 5.73. The van der Waals surface area contributed by atoms with Gasteiger partial charge in [-0.25, -0.2) is 0 Å². The van der Waals surface area contributed by atoms with Gasteiger partial charge in [0.05, 0.1) is 0 Å². The van der Waals surface area contributed by atoms with Crippen LogP contribution in [0.25, 0.3) is 0 Å². The van der Waals surface area contributed by atoms with Gasteiger partial charge in [-0.2, -0.15) is 0 Å². The number of aliphatic carboxylic acids is 1. The fourth-order valence-corrected chi connectivity index (χ4v) is 2.15. The topological polar surface area (TPSA) is 52.6 Å². The highest BCUT2D eigenvalue weighted by Crippen LogP contribution is 2.29. The zero-order chi connectivity index (χ0) is 12.9. The standard InChI is InChI=1S/C13H26N2O2/c1-4-7-14-11(12(16)17)10-15-8-5-13(2,3)6-9-15/h11,14H,4-10H2,1-3H3,(H,16,17). The minimum absolute atomic E-state index is 0.420. The maximum absolute atomic E-state index is 11.1. The molecule has 100 valence electrons. The fraction of sp³-hybridized carbons (Fsp3) is 0.923. The average Bonchev–Trinajstić information content (AvgIpc) is 2.26. The molecule has 0 amide bonds. The summed E-state index contributed by atoms with van der Waals surface area (Å²) in [6, 6.07) is -0.420. The molecule has 2 N–H and O–H groups in total. The van der Waals surface area contributed by atoms with Crippen molar-refractivity contribution in [1.29, 1.82) is 0 Å². The molecule has 0 saturated carbocycles. The molecule has 0 aromatic carbocycles. The molecule has 0 bridgehead atoms. The van der Waals surface area contributed by atoms with E-state index in [1.165, 1.54) is 0 Å². The summed E-state index contributed by atoms with van der Waals surface area (Å²) >= 11 is 0. The summed E-state index contributed by atoms with van der Waals surface area (Å²) in [5.74, 6) is -0.733. The lowest BCUT2D eigenvalue weighted by molar-refractivity contribution is -0.140. The molecule has 4 heteroatoms. The molecule has 0 aromatic rings. The van der Waals surface area contributed by atoms with Crippen molar-refractivity contribution >= 4 is 5.97 Å². The molecule has 17 heavy (non-hydrogen) atoms. The molecule has 0 spiro atoms. The second-order valence-electron chi connectivity index (χ2n) is 5.81. The van der Waals surface area contributed by atoms with E-state index >= 15 is 0 Å². The van der Waals surface area contributed by atoms with E-state index in [4.69, 9.17) is 5.11 Å². The van der Waals surface area contributed by atoms with Gasteiger partial charge in [0, 0.05) is 6.54 Å².